The van der Waals surface area contributed by atoms with Gasteiger partial charge in [0, 0.05) is 12.6 Å². The van der Waals surface area contributed by atoms with E-state index in [0.717, 1.165) is 23.1 Å². The quantitative estimate of drug-likeness (QED) is 0.691. The number of hydrogen-bond donors (Lipinski definition) is 3. The molecule has 0 spiro atoms. The number of aromatic nitrogens is 1. The highest BCUT2D eigenvalue weighted by Gasteiger charge is 2.43. The number of hydrogen-bond acceptors (Lipinski definition) is 4. The van der Waals surface area contributed by atoms with Gasteiger partial charge < -0.3 is 15.7 Å². The van der Waals surface area contributed by atoms with Gasteiger partial charge in [0.15, 0.2) is 0 Å². The van der Waals surface area contributed by atoms with Crippen LogP contribution in [0.4, 0.5) is 25.1 Å². The van der Waals surface area contributed by atoms with Crippen molar-refractivity contribution in [3.63, 3.8) is 0 Å². The van der Waals surface area contributed by atoms with Crippen LogP contribution in [0.1, 0.15) is 19.4 Å². The third-order valence-corrected chi connectivity index (χ3v) is 4.78. The minimum absolute atomic E-state index is 0.0642. The van der Waals surface area contributed by atoms with Gasteiger partial charge in [0.05, 0.1) is 0 Å². The van der Waals surface area contributed by atoms with Gasteiger partial charge in [0.25, 0.3) is 5.91 Å². The van der Waals surface area contributed by atoms with Gasteiger partial charge in [-0.15, -0.1) is 0 Å². The summed E-state index contributed by atoms with van der Waals surface area (Å²) in [5, 5.41) is 13.5. The summed E-state index contributed by atoms with van der Waals surface area (Å²) in [6, 6.07) is 4.17. The first-order valence-corrected chi connectivity index (χ1v) is 9.22. The topological polar surface area (TPSA) is 112 Å². The van der Waals surface area contributed by atoms with Crippen LogP contribution < -0.4 is 15.5 Å². The van der Waals surface area contributed by atoms with E-state index in [2.05, 4.69) is 15.6 Å². The van der Waals surface area contributed by atoms with Crippen molar-refractivity contribution in [1.82, 2.24) is 10.3 Å². The molecule has 0 bridgehead atoms. The normalized spacial score (nSPS) is 16.2. The van der Waals surface area contributed by atoms with Crippen molar-refractivity contribution >= 4 is 29.4 Å². The van der Waals surface area contributed by atoms with Crippen molar-refractivity contribution in [3.05, 3.63) is 53.7 Å². The van der Waals surface area contributed by atoms with Crippen LogP contribution in [-0.4, -0.2) is 40.1 Å². The highest BCUT2D eigenvalue weighted by atomic mass is 19.1. The molecule has 2 atom stereocenters. The number of carbonyl (C=O) groups excluding carboxylic acids is 2. The first-order valence-electron chi connectivity index (χ1n) is 9.22. The van der Waals surface area contributed by atoms with Gasteiger partial charge in [-0.1, -0.05) is 26.0 Å². The summed E-state index contributed by atoms with van der Waals surface area (Å²) in [7, 11) is 0. The molecule has 2 aromatic rings. The summed E-state index contributed by atoms with van der Waals surface area (Å²) in [4.78, 5) is 42.5. The number of halogens is 2. The molecule has 3 rings (SSSR count). The van der Waals surface area contributed by atoms with E-state index in [1.807, 2.05) is 0 Å². The number of carboxylic acid groups (broad SMARTS) is 1. The largest absolute Gasteiger partial charge is 0.465 e. The van der Waals surface area contributed by atoms with Crippen LogP contribution in [0.3, 0.4) is 0 Å². The SMILES string of the molecule is CC(C)[C@H](NC(=O)O)C(=O)N1c2ncccc2C[C@H]1C(=O)Nc1c(F)cccc1F. The van der Waals surface area contributed by atoms with E-state index in [-0.39, 0.29) is 12.2 Å². The van der Waals surface area contributed by atoms with E-state index in [1.54, 1.807) is 26.0 Å². The van der Waals surface area contributed by atoms with Crippen LogP contribution in [-0.2, 0) is 16.0 Å². The van der Waals surface area contributed by atoms with Crippen molar-refractivity contribution in [1.29, 1.82) is 0 Å². The van der Waals surface area contributed by atoms with E-state index >= 15 is 0 Å². The monoisotopic (exact) mass is 418 g/mol. The molecule has 1 aliphatic heterocycles. The molecule has 30 heavy (non-hydrogen) atoms. The Morgan fingerprint density at radius 3 is 2.43 bits per heavy atom. The van der Waals surface area contributed by atoms with Gasteiger partial charge in [-0.3, -0.25) is 14.5 Å². The van der Waals surface area contributed by atoms with Crippen molar-refractivity contribution in [2.45, 2.75) is 32.4 Å². The number of benzene rings is 1. The fourth-order valence-corrected chi connectivity index (χ4v) is 3.34. The Balaban J connectivity index is 1.96. The molecule has 2 heterocycles. The Bertz CT molecular complexity index is 978. The third kappa shape index (κ3) is 4.07. The van der Waals surface area contributed by atoms with Crippen LogP contribution in [0.2, 0.25) is 0 Å². The second-order valence-electron chi connectivity index (χ2n) is 7.17. The molecular weight excluding hydrogens is 398 g/mol. The van der Waals surface area contributed by atoms with Crippen LogP contribution >= 0.6 is 0 Å². The van der Waals surface area contributed by atoms with Crippen molar-refractivity contribution in [2.24, 2.45) is 5.92 Å². The Labute approximate surface area is 170 Å². The Morgan fingerprint density at radius 2 is 1.83 bits per heavy atom. The van der Waals surface area contributed by atoms with Crippen LogP contribution in [0.5, 0.6) is 0 Å². The van der Waals surface area contributed by atoms with Gasteiger partial charge in [-0.2, -0.15) is 0 Å². The van der Waals surface area contributed by atoms with Crippen molar-refractivity contribution < 1.29 is 28.3 Å². The standard InChI is InChI=1S/C20H20F2N4O4/c1-10(2)15(25-20(29)30)19(28)26-14(9-11-5-4-8-23-17(11)26)18(27)24-16-12(21)6-3-7-13(16)22/h3-8,10,14-15,25H,9H2,1-2H3,(H,24,27)(H,29,30)/t14-,15-/m0/s1. The maximum Gasteiger partial charge on any atom is 0.405 e. The molecule has 1 aliphatic rings. The fourth-order valence-electron chi connectivity index (χ4n) is 3.34. The number of anilines is 2. The van der Waals surface area contributed by atoms with Gasteiger partial charge in [-0.05, 0) is 29.7 Å². The summed E-state index contributed by atoms with van der Waals surface area (Å²) < 4.78 is 27.9. The molecule has 0 radical (unpaired) electrons. The summed E-state index contributed by atoms with van der Waals surface area (Å²) in [6.07, 6.45) is 0.108. The number of carbonyl (C=O) groups is 3. The summed E-state index contributed by atoms with van der Waals surface area (Å²) in [5.74, 6) is -3.63. The van der Waals surface area contributed by atoms with Gasteiger partial charge in [0.2, 0.25) is 5.91 Å². The van der Waals surface area contributed by atoms with Crippen LogP contribution in [0, 0.1) is 17.6 Å². The molecule has 1 aromatic heterocycles. The highest BCUT2D eigenvalue weighted by molar-refractivity contribution is 6.08. The molecule has 0 saturated carbocycles. The predicted molar refractivity (Wildman–Crippen MR) is 104 cm³/mol. The van der Waals surface area contributed by atoms with Crippen LogP contribution in [0.15, 0.2) is 36.5 Å². The third-order valence-electron chi connectivity index (χ3n) is 4.78. The minimum Gasteiger partial charge on any atom is -0.465 e. The lowest BCUT2D eigenvalue weighted by Gasteiger charge is -2.29. The molecule has 0 fully saturated rings. The number of para-hydroxylation sites is 1. The molecule has 0 aliphatic carbocycles. The van der Waals surface area contributed by atoms with E-state index in [4.69, 9.17) is 5.11 Å². The molecule has 10 heteroatoms. The molecule has 3 N–H and O–H groups in total. The van der Waals surface area contributed by atoms with Crippen molar-refractivity contribution in [3.8, 4) is 0 Å². The molecule has 1 aromatic carbocycles. The molecule has 158 valence electrons. The average molecular weight is 418 g/mol. The minimum atomic E-state index is -1.39. The van der Waals surface area contributed by atoms with Gasteiger partial charge in [0.1, 0.15) is 35.2 Å². The maximum atomic E-state index is 14.0. The van der Waals surface area contributed by atoms with E-state index in [0.29, 0.717) is 5.56 Å². The van der Waals surface area contributed by atoms with Gasteiger partial charge >= 0.3 is 6.09 Å². The van der Waals surface area contributed by atoms with E-state index in [1.165, 1.54) is 6.20 Å². The molecule has 0 saturated heterocycles. The maximum absolute atomic E-state index is 14.0. The lowest BCUT2D eigenvalue weighted by molar-refractivity contribution is -0.125. The number of amides is 3. The smallest absolute Gasteiger partial charge is 0.405 e. The summed E-state index contributed by atoms with van der Waals surface area (Å²) in [5.41, 5.74) is -0.0410. The van der Waals surface area contributed by atoms with Crippen molar-refractivity contribution in [2.75, 3.05) is 10.2 Å². The zero-order valence-electron chi connectivity index (χ0n) is 16.2. The second-order valence-corrected chi connectivity index (χ2v) is 7.17. The number of fused-ring (bicyclic) bond motifs is 1. The summed E-state index contributed by atoms with van der Waals surface area (Å²) in [6.45, 7) is 3.30. The zero-order chi connectivity index (χ0) is 22.0. The number of pyridine rings is 1. The average Bonchev–Trinajstić information content (AvgIpc) is 3.08. The molecule has 8 nitrogen and oxygen atoms in total. The number of rotatable bonds is 5. The molecule has 3 amide bonds. The number of nitrogens with zero attached hydrogens (tertiary/aromatic N) is 2. The Hall–Kier alpha value is -3.56. The first-order chi connectivity index (χ1) is 14.2. The van der Waals surface area contributed by atoms with E-state index in [9.17, 15) is 23.2 Å². The van der Waals surface area contributed by atoms with Crippen LogP contribution in [0.25, 0.3) is 0 Å². The van der Waals surface area contributed by atoms with Gasteiger partial charge in [-0.25, -0.2) is 18.6 Å². The van der Waals surface area contributed by atoms with E-state index < -0.39 is 53.2 Å². The Kier molecular flexibility index (Phi) is 5.95. The molecular formula is C20H20F2N4O4. The lowest BCUT2D eigenvalue weighted by atomic mass is 10.0. The predicted octanol–water partition coefficient (Wildman–Crippen LogP) is 2.55. The fraction of sp³-hybridized carbons (Fsp3) is 0.300. The zero-order valence-corrected chi connectivity index (χ0v) is 16.2. The highest BCUT2D eigenvalue weighted by Crippen LogP contribution is 2.32. The second kappa shape index (κ2) is 8.44. The number of nitrogens with one attached hydrogen (secondary N) is 2. The first kappa shape index (κ1) is 21.2. The lowest BCUT2D eigenvalue weighted by Crippen LogP contribution is -2.55. The summed E-state index contributed by atoms with van der Waals surface area (Å²) >= 11 is 0. The Morgan fingerprint density at radius 1 is 1.17 bits per heavy atom. The molecule has 0 unspecified atom stereocenters.